The summed E-state index contributed by atoms with van der Waals surface area (Å²) in [5.41, 5.74) is 2.34. The molecule has 6 nitrogen and oxygen atoms in total. The number of para-hydroxylation sites is 1. The molecule has 26 heavy (non-hydrogen) atoms. The lowest BCUT2D eigenvalue weighted by atomic mass is 10.3. The number of thiophene rings is 1. The van der Waals surface area contributed by atoms with Gasteiger partial charge in [-0.15, -0.1) is 45.5 Å². The summed E-state index contributed by atoms with van der Waals surface area (Å²) < 4.78 is 1.95. The zero-order valence-corrected chi connectivity index (χ0v) is 18.0. The van der Waals surface area contributed by atoms with Crippen molar-refractivity contribution in [1.82, 2.24) is 25.4 Å². The van der Waals surface area contributed by atoms with Crippen molar-refractivity contribution in [3.63, 3.8) is 0 Å². The number of nitrogens with one attached hydrogen (secondary N) is 2. The van der Waals surface area contributed by atoms with E-state index in [4.69, 9.17) is 0 Å². The molecule has 0 saturated heterocycles. The van der Waals surface area contributed by atoms with Gasteiger partial charge in [-0.25, -0.2) is 4.99 Å². The largest absolute Gasteiger partial charge is 0.357 e. The van der Waals surface area contributed by atoms with E-state index in [9.17, 15) is 0 Å². The third-order valence-electron chi connectivity index (χ3n) is 3.76. The van der Waals surface area contributed by atoms with Gasteiger partial charge in [0, 0.05) is 17.1 Å². The number of hydrogen-bond donors (Lipinski definition) is 2. The molecule has 0 spiro atoms. The van der Waals surface area contributed by atoms with Crippen molar-refractivity contribution >= 4 is 41.3 Å². The summed E-state index contributed by atoms with van der Waals surface area (Å²) in [6, 6.07) is 12.2. The standard InChI is InChI=1S/C18H22N6S.HI/c1-3-19-18(20-11-16-14(2)9-10-25-16)21-12-17-23-22-13-24(17)15-7-5-4-6-8-15;/h4-10,13H,3,11-12H2,1-2H3,(H2,19,20,21);1H. The summed E-state index contributed by atoms with van der Waals surface area (Å²) in [6.07, 6.45) is 1.72. The summed E-state index contributed by atoms with van der Waals surface area (Å²) >= 11 is 1.75. The Morgan fingerprint density at radius 1 is 1.19 bits per heavy atom. The van der Waals surface area contributed by atoms with E-state index in [0.29, 0.717) is 6.54 Å². The Hall–Kier alpha value is -1.94. The van der Waals surface area contributed by atoms with Crippen LogP contribution in [0, 0.1) is 6.92 Å². The lowest BCUT2D eigenvalue weighted by Gasteiger charge is -2.11. The van der Waals surface area contributed by atoms with E-state index in [1.165, 1.54) is 10.4 Å². The van der Waals surface area contributed by atoms with Crippen LogP contribution in [-0.2, 0) is 13.1 Å². The maximum atomic E-state index is 4.65. The molecule has 1 aromatic carbocycles. The Morgan fingerprint density at radius 3 is 2.69 bits per heavy atom. The Labute approximate surface area is 174 Å². The van der Waals surface area contributed by atoms with Crippen LogP contribution in [0.3, 0.4) is 0 Å². The lowest BCUT2D eigenvalue weighted by molar-refractivity contribution is 0.797. The monoisotopic (exact) mass is 482 g/mol. The van der Waals surface area contributed by atoms with E-state index in [1.807, 2.05) is 34.9 Å². The summed E-state index contributed by atoms with van der Waals surface area (Å²) in [6.45, 7) is 6.20. The first-order chi connectivity index (χ1) is 12.3. The SMILES string of the molecule is CCNC(=NCc1nncn1-c1ccccc1)NCc1sccc1C.I. The fraction of sp³-hybridized carbons (Fsp3) is 0.278. The van der Waals surface area contributed by atoms with Crippen LogP contribution < -0.4 is 10.6 Å². The van der Waals surface area contributed by atoms with E-state index in [1.54, 1.807) is 17.7 Å². The summed E-state index contributed by atoms with van der Waals surface area (Å²) in [4.78, 5) is 5.96. The number of guanidine groups is 1. The van der Waals surface area contributed by atoms with Crippen molar-refractivity contribution < 1.29 is 0 Å². The molecule has 2 N–H and O–H groups in total. The quantitative estimate of drug-likeness (QED) is 0.321. The second-order valence-corrected chi connectivity index (χ2v) is 6.53. The van der Waals surface area contributed by atoms with E-state index in [-0.39, 0.29) is 24.0 Å². The molecule has 0 atom stereocenters. The molecule has 3 aromatic rings. The highest BCUT2D eigenvalue weighted by atomic mass is 127. The van der Waals surface area contributed by atoms with E-state index >= 15 is 0 Å². The Kier molecular flexibility index (Phi) is 8.05. The number of benzene rings is 1. The smallest absolute Gasteiger partial charge is 0.191 e. The Morgan fingerprint density at radius 2 is 2.00 bits per heavy atom. The maximum absolute atomic E-state index is 4.65. The van der Waals surface area contributed by atoms with Gasteiger partial charge in [0.15, 0.2) is 11.8 Å². The third kappa shape index (κ3) is 5.28. The van der Waals surface area contributed by atoms with Crippen LogP contribution in [0.1, 0.15) is 23.2 Å². The highest BCUT2D eigenvalue weighted by molar-refractivity contribution is 14.0. The van der Waals surface area contributed by atoms with Gasteiger partial charge in [0.2, 0.25) is 0 Å². The van der Waals surface area contributed by atoms with Gasteiger partial charge in [-0.2, -0.15) is 0 Å². The number of aliphatic imine (C=N–C) groups is 1. The molecule has 0 radical (unpaired) electrons. The van der Waals surface area contributed by atoms with Crippen LogP contribution in [0.5, 0.6) is 0 Å². The van der Waals surface area contributed by atoms with Gasteiger partial charge in [0.05, 0.1) is 6.54 Å². The Bertz CT molecular complexity index is 827. The number of nitrogens with zero attached hydrogens (tertiary/aromatic N) is 4. The molecule has 0 saturated carbocycles. The predicted molar refractivity (Wildman–Crippen MR) is 117 cm³/mol. The van der Waals surface area contributed by atoms with Crippen LogP contribution in [0.25, 0.3) is 5.69 Å². The first-order valence-electron chi connectivity index (χ1n) is 8.27. The molecule has 2 heterocycles. The number of aryl methyl sites for hydroxylation is 1. The molecule has 0 fully saturated rings. The van der Waals surface area contributed by atoms with Crippen molar-refractivity contribution in [2.24, 2.45) is 4.99 Å². The molecule has 0 aliphatic heterocycles. The predicted octanol–water partition coefficient (Wildman–Crippen LogP) is 3.51. The van der Waals surface area contributed by atoms with Crippen molar-refractivity contribution in [2.45, 2.75) is 26.9 Å². The van der Waals surface area contributed by atoms with Gasteiger partial charge in [0.25, 0.3) is 0 Å². The zero-order chi connectivity index (χ0) is 17.5. The highest BCUT2D eigenvalue weighted by Crippen LogP contribution is 2.14. The molecule has 138 valence electrons. The zero-order valence-electron chi connectivity index (χ0n) is 14.8. The van der Waals surface area contributed by atoms with Crippen molar-refractivity contribution in [3.05, 3.63) is 64.4 Å². The van der Waals surface area contributed by atoms with Crippen molar-refractivity contribution in [3.8, 4) is 5.69 Å². The van der Waals surface area contributed by atoms with Crippen LogP contribution >= 0.6 is 35.3 Å². The van der Waals surface area contributed by atoms with Gasteiger partial charge in [-0.3, -0.25) is 4.57 Å². The number of aromatic nitrogens is 3. The second-order valence-electron chi connectivity index (χ2n) is 5.53. The van der Waals surface area contributed by atoms with Crippen LogP contribution in [-0.4, -0.2) is 27.3 Å². The first-order valence-corrected chi connectivity index (χ1v) is 9.15. The fourth-order valence-electron chi connectivity index (χ4n) is 2.41. The molecule has 0 aliphatic carbocycles. The van der Waals surface area contributed by atoms with E-state index < -0.39 is 0 Å². The number of hydrogen-bond acceptors (Lipinski definition) is 4. The summed E-state index contributed by atoms with van der Waals surface area (Å²) in [7, 11) is 0. The maximum Gasteiger partial charge on any atom is 0.191 e. The molecular formula is C18H23IN6S. The highest BCUT2D eigenvalue weighted by Gasteiger charge is 2.07. The van der Waals surface area contributed by atoms with Crippen LogP contribution in [0.15, 0.2) is 53.1 Å². The van der Waals surface area contributed by atoms with Crippen LogP contribution in [0.4, 0.5) is 0 Å². The summed E-state index contributed by atoms with van der Waals surface area (Å²) in [5, 5.41) is 17.0. The first kappa shape index (κ1) is 20.4. The van der Waals surface area contributed by atoms with Crippen LogP contribution in [0.2, 0.25) is 0 Å². The average Bonchev–Trinajstić information content (AvgIpc) is 3.27. The minimum atomic E-state index is 0. The van der Waals surface area contributed by atoms with Gasteiger partial charge in [-0.1, -0.05) is 18.2 Å². The molecule has 8 heteroatoms. The second kappa shape index (κ2) is 10.3. The number of rotatable bonds is 6. The molecule has 0 amide bonds. The minimum Gasteiger partial charge on any atom is -0.357 e. The minimum absolute atomic E-state index is 0. The van der Waals surface area contributed by atoms with Crippen molar-refractivity contribution in [1.29, 1.82) is 0 Å². The molecule has 0 bridgehead atoms. The topological polar surface area (TPSA) is 67.1 Å². The van der Waals surface area contributed by atoms with Gasteiger partial charge in [0.1, 0.15) is 12.9 Å². The third-order valence-corrected chi connectivity index (χ3v) is 4.78. The molecule has 3 rings (SSSR count). The summed E-state index contributed by atoms with van der Waals surface area (Å²) in [5.74, 6) is 1.58. The van der Waals surface area contributed by atoms with E-state index in [2.05, 4.69) is 51.1 Å². The molecule has 0 unspecified atom stereocenters. The van der Waals surface area contributed by atoms with E-state index in [0.717, 1.165) is 30.6 Å². The van der Waals surface area contributed by atoms with Crippen molar-refractivity contribution in [2.75, 3.05) is 6.54 Å². The molecule has 2 aromatic heterocycles. The Balaban J connectivity index is 0.00000243. The fourth-order valence-corrected chi connectivity index (χ4v) is 3.26. The molecule has 0 aliphatic rings. The lowest BCUT2D eigenvalue weighted by Crippen LogP contribution is -2.36. The number of halogens is 1. The van der Waals surface area contributed by atoms with Gasteiger partial charge in [-0.05, 0) is 43.0 Å². The normalized spacial score (nSPS) is 11.1. The van der Waals surface area contributed by atoms with Gasteiger partial charge < -0.3 is 10.6 Å². The average molecular weight is 482 g/mol. The molecular weight excluding hydrogens is 459 g/mol. The van der Waals surface area contributed by atoms with Gasteiger partial charge >= 0.3 is 0 Å².